The molecule has 0 saturated heterocycles. The Balaban J connectivity index is 1.84. The van der Waals surface area contributed by atoms with Crippen molar-refractivity contribution in [1.29, 1.82) is 0 Å². The maximum atomic E-state index is 14.4. The molecular formula is C35H47FN4O. The summed E-state index contributed by atoms with van der Waals surface area (Å²) in [5, 5.41) is 6.43. The van der Waals surface area contributed by atoms with Crippen LogP contribution in [0.4, 0.5) is 21.5 Å². The lowest BCUT2D eigenvalue weighted by Crippen LogP contribution is -2.25. The molecule has 6 heteroatoms. The normalized spacial score (nSPS) is 12.0. The Morgan fingerprint density at radius 1 is 0.951 bits per heavy atom. The fraction of sp³-hybridized carbons (Fsp3) is 0.400. The molecule has 0 atom stereocenters. The van der Waals surface area contributed by atoms with Gasteiger partial charge < -0.3 is 20.5 Å². The van der Waals surface area contributed by atoms with Gasteiger partial charge in [-0.3, -0.25) is 4.79 Å². The van der Waals surface area contributed by atoms with E-state index in [9.17, 15) is 9.18 Å². The van der Waals surface area contributed by atoms with Crippen LogP contribution in [-0.2, 0) is 6.42 Å². The predicted molar refractivity (Wildman–Crippen MR) is 173 cm³/mol. The maximum absolute atomic E-state index is 14.4. The summed E-state index contributed by atoms with van der Waals surface area (Å²) in [6, 6.07) is 14.6. The summed E-state index contributed by atoms with van der Waals surface area (Å²) in [6.07, 6.45) is 10.2. The molecule has 0 aliphatic heterocycles. The van der Waals surface area contributed by atoms with Gasteiger partial charge in [0.2, 0.25) is 0 Å². The fourth-order valence-corrected chi connectivity index (χ4v) is 4.88. The zero-order valence-corrected chi connectivity index (χ0v) is 25.7. The second-order valence-electron chi connectivity index (χ2n) is 10.6. The lowest BCUT2D eigenvalue weighted by atomic mass is 10.1. The Kier molecular flexibility index (Phi) is 12.3. The van der Waals surface area contributed by atoms with Gasteiger partial charge in [0.15, 0.2) is 0 Å². The van der Waals surface area contributed by atoms with Crippen molar-refractivity contribution in [3.05, 3.63) is 94.2 Å². The number of rotatable bonds is 15. The fourth-order valence-electron chi connectivity index (χ4n) is 4.88. The van der Waals surface area contributed by atoms with Crippen molar-refractivity contribution < 1.29 is 9.18 Å². The molecule has 3 N–H and O–H groups in total. The summed E-state index contributed by atoms with van der Waals surface area (Å²) in [5.74, 6) is -0.441. The molecule has 220 valence electrons. The summed E-state index contributed by atoms with van der Waals surface area (Å²) in [6.45, 7) is 14.6. The molecule has 3 rings (SSSR count). The number of aromatic nitrogens is 1. The smallest absolute Gasteiger partial charge is 0.255 e. The molecule has 0 spiro atoms. The SMILES string of the molecule is CCCCCN(CCC)c1ccc(C(=O)Nc2c(CC)[nH]c(C)c2C=CC(Nc2ccccc2F)=C(C)CC)cc1. The molecule has 2 aromatic carbocycles. The van der Waals surface area contributed by atoms with Crippen molar-refractivity contribution in [2.75, 3.05) is 28.6 Å². The number of aromatic amines is 1. The highest BCUT2D eigenvalue weighted by Gasteiger charge is 2.17. The molecule has 3 aromatic rings. The second kappa shape index (κ2) is 15.8. The number of hydrogen-bond donors (Lipinski definition) is 3. The predicted octanol–water partition coefficient (Wildman–Crippen LogP) is 9.49. The highest BCUT2D eigenvalue weighted by atomic mass is 19.1. The molecule has 0 aliphatic rings. The lowest BCUT2D eigenvalue weighted by molar-refractivity contribution is 0.102. The zero-order chi connectivity index (χ0) is 29.8. The Bertz CT molecular complexity index is 1340. The van der Waals surface area contributed by atoms with Gasteiger partial charge >= 0.3 is 0 Å². The first-order chi connectivity index (χ1) is 19.8. The topological polar surface area (TPSA) is 60.2 Å². The number of nitrogens with one attached hydrogen (secondary N) is 3. The molecule has 41 heavy (non-hydrogen) atoms. The minimum atomic E-state index is -0.300. The van der Waals surface area contributed by atoms with Gasteiger partial charge in [-0.2, -0.15) is 0 Å². The van der Waals surface area contributed by atoms with E-state index in [1.54, 1.807) is 12.1 Å². The number of halogens is 1. The molecule has 1 aromatic heterocycles. The van der Waals surface area contributed by atoms with Gasteiger partial charge in [-0.25, -0.2) is 4.39 Å². The van der Waals surface area contributed by atoms with Crippen LogP contribution in [0.2, 0.25) is 0 Å². The van der Waals surface area contributed by atoms with Crippen LogP contribution >= 0.6 is 0 Å². The number of allylic oxidation sites excluding steroid dienone is 2. The third-order valence-corrected chi connectivity index (χ3v) is 7.48. The van der Waals surface area contributed by atoms with Gasteiger partial charge in [0.05, 0.1) is 11.4 Å². The number of hydrogen-bond acceptors (Lipinski definition) is 3. The molecule has 0 aliphatic carbocycles. The van der Waals surface area contributed by atoms with Crippen LogP contribution in [0.1, 0.15) is 94.0 Å². The van der Waals surface area contributed by atoms with E-state index < -0.39 is 0 Å². The molecule has 0 saturated carbocycles. The average molecular weight is 559 g/mol. The van der Waals surface area contributed by atoms with Gasteiger partial charge in [-0.05, 0) is 88.1 Å². The summed E-state index contributed by atoms with van der Waals surface area (Å²) < 4.78 is 14.4. The number of aryl methyl sites for hydroxylation is 2. The van der Waals surface area contributed by atoms with E-state index in [4.69, 9.17) is 0 Å². The Morgan fingerprint density at radius 2 is 1.68 bits per heavy atom. The van der Waals surface area contributed by atoms with Gasteiger partial charge in [0.25, 0.3) is 5.91 Å². The number of anilines is 3. The van der Waals surface area contributed by atoms with Crippen LogP contribution in [0.25, 0.3) is 6.08 Å². The van der Waals surface area contributed by atoms with Crippen LogP contribution < -0.4 is 15.5 Å². The first-order valence-electron chi connectivity index (χ1n) is 15.1. The van der Waals surface area contributed by atoms with Crippen LogP contribution in [0.15, 0.2) is 65.9 Å². The van der Waals surface area contributed by atoms with Crippen molar-refractivity contribution in [3.8, 4) is 0 Å². The first kappa shape index (κ1) is 31.7. The Labute approximate surface area is 245 Å². The number of H-pyrrole nitrogens is 1. The highest BCUT2D eigenvalue weighted by Crippen LogP contribution is 2.29. The van der Waals surface area contributed by atoms with E-state index in [0.29, 0.717) is 11.3 Å². The van der Waals surface area contributed by atoms with Crippen LogP contribution in [-0.4, -0.2) is 24.0 Å². The molecule has 0 unspecified atom stereocenters. The van der Waals surface area contributed by atoms with Gasteiger partial charge in [0.1, 0.15) is 5.82 Å². The number of nitrogens with zero attached hydrogens (tertiary/aromatic N) is 1. The molecule has 0 fully saturated rings. The number of carbonyl (C=O) groups excluding carboxylic acids is 1. The number of para-hydroxylation sites is 1. The molecule has 1 heterocycles. The molecule has 0 bridgehead atoms. The van der Waals surface area contributed by atoms with Crippen LogP contribution in [0.5, 0.6) is 0 Å². The minimum Gasteiger partial charge on any atom is -0.372 e. The van der Waals surface area contributed by atoms with E-state index in [-0.39, 0.29) is 11.7 Å². The molecule has 5 nitrogen and oxygen atoms in total. The van der Waals surface area contributed by atoms with Gasteiger partial charge in [0, 0.05) is 47.0 Å². The maximum Gasteiger partial charge on any atom is 0.255 e. The number of benzene rings is 2. The Hall–Kier alpha value is -3.80. The van der Waals surface area contributed by atoms with E-state index in [2.05, 4.69) is 60.3 Å². The van der Waals surface area contributed by atoms with Gasteiger partial charge in [-0.15, -0.1) is 0 Å². The number of unbranched alkanes of at least 4 members (excludes halogenated alkanes) is 2. The van der Waals surface area contributed by atoms with E-state index >= 15 is 0 Å². The Morgan fingerprint density at radius 3 is 2.32 bits per heavy atom. The average Bonchev–Trinajstić information content (AvgIpc) is 3.28. The number of amides is 1. The van der Waals surface area contributed by atoms with Crippen molar-refractivity contribution >= 4 is 29.0 Å². The van der Waals surface area contributed by atoms with Crippen LogP contribution in [0, 0.1) is 12.7 Å². The highest BCUT2D eigenvalue weighted by molar-refractivity contribution is 6.06. The number of carbonyl (C=O) groups is 1. The summed E-state index contributed by atoms with van der Waals surface area (Å²) in [7, 11) is 0. The van der Waals surface area contributed by atoms with E-state index in [0.717, 1.165) is 71.9 Å². The standard InChI is InChI=1S/C35H47FN4O/c1-7-11-14-24-40(23-8-2)28-19-17-27(18-20-28)35(41)39-34-29(26(6)37-31(34)10-4)21-22-32(25(5)9-3)38-33-16-13-12-15-30(33)36/h12-13,15-22,37-38H,7-11,14,23-24H2,1-6H3,(H,39,41). The summed E-state index contributed by atoms with van der Waals surface area (Å²) in [4.78, 5) is 19.3. The van der Waals surface area contributed by atoms with E-state index in [1.807, 2.05) is 44.2 Å². The minimum absolute atomic E-state index is 0.141. The summed E-state index contributed by atoms with van der Waals surface area (Å²) in [5.41, 5.74) is 7.77. The molecular weight excluding hydrogens is 511 g/mol. The summed E-state index contributed by atoms with van der Waals surface area (Å²) >= 11 is 0. The zero-order valence-electron chi connectivity index (χ0n) is 25.7. The lowest BCUT2D eigenvalue weighted by Gasteiger charge is -2.24. The molecule has 0 radical (unpaired) electrons. The third kappa shape index (κ3) is 8.59. The quantitative estimate of drug-likeness (QED) is 0.129. The van der Waals surface area contributed by atoms with Gasteiger partial charge in [-0.1, -0.05) is 58.2 Å². The van der Waals surface area contributed by atoms with Crippen LogP contribution in [0.3, 0.4) is 0 Å². The van der Waals surface area contributed by atoms with Crippen molar-refractivity contribution in [2.45, 2.75) is 80.1 Å². The first-order valence-corrected chi connectivity index (χ1v) is 15.1. The second-order valence-corrected chi connectivity index (χ2v) is 10.6. The third-order valence-electron chi connectivity index (χ3n) is 7.48. The van der Waals surface area contributed by atoms with Crippen molar-refractivity contribution in [3.63, 3.8) is 0 Å². The van der Waals surface area contributed by atoms with Crippen molar-refractivity contribution in [2.24, 2.45) is 0 Å². The van der Waals surface area contributed by atoms with Crippen molar-refractivity contribution in [1.82, 2.24) is 4.98 Å². The monoisotopic (exact) mass is 558 g/mol. The molecule has 1 amide bonds. The largest absolute Gasteiger partial charge is 0.372 e. The van der Waals surface area contributed by atoms with E-state index in [1.165, 1.54) is 25.3 Å².